The molecule has 0 spiro atoms. The van der Waals surface area contributed by atoms with Crippen LogP contribution in [0.5, 0.6) is 5.75 Å². The maximum atomic E-state index is 11.9. The molecule has 0 saturated heterocycles. The highest BCUT2D eigenvalue weighted by Crippen LogP contribution is 2.37. The number of hydrogen-bond acceptors (Lipinski definition) is 3. The predicted octanol–water partition coefficient (Wildman–Crippen LogP) is 2.28. The van der Waals surface area contributed by atoms with Crippen molar-refractivity contribution in [1.29, 1.82) is 0 Å². The van der Waals surface area contributed by atoms with Crippen molar-refractivity contribution in [3.63, 3.8) is 0 Å². The van der Waals surface area contributed by atoms with Gasteiger partial charge < -0.3 is 10.1 Å². The van der Waals surface area contributed by atoms with Gasteiger partial charge in [-0.1, -0.05) is 20.8 Å². The normalized spacial score (nSPS) is 15.3. The molecule has 1 aliphatic rings. The summed E-state index contributed by atoms with van der Waals surface area (Å²) < 4.78 is 5.94. The molecule has 1 aromatic heterocycles. The van der Waals surface area contributed by atoms with Gasteiger partial charge in [0.25, 0.3) is 5.91 Å². The third-order valence-corrected chi connectivity index (χ3v) is 2.99. The van der Waals surface area contributed by atoms with Gasteiger partial charge in [-0.15, -0.1) is 0 Å². The fourth-order valence-corrected chi connectivity index (χ4v) is 1.76. The molecular weight excluding hydrogens is 228 g/mol. The third-order valence-electron chi connectivity index (χ3n) is 2.99. The second-order valence-corrected chi connectivity index (χ2v) is 5.71. The Morgan fingerprint density at radius 1 is 1.39 bits per heavy atom. The molecule has 1 N–H and O–H groups in total. The Morgan fingerprint density at radius 3 is 2.56 bits per heavy atom. The second-order valence-electron chi connectivity index (χ2n) is 5.71. The van der Waals surface area contributed by atoms with Crippen LogP contribution in [0, 0.1) is 0 Å². The quantitative estimate of drug-likeness (QED) is 0.892. The van der Waals surface area contributed by atoms with E-state index in [9.17, 15) is 4.79 Å². The largest absolute Gasteiger partial charge is 0.489 e. The van der Waals surface area contributed by atoms with Crippen molar-refractivity contribution in [2.24, 2.45) is 0 Å². The number of rotatable bonds is 3. The van der Waals surface area contributed by atoms with E-state index in [1.54, 1.807) is 19.4 Å². The second kappa shape index (κ2) is 4.59. The predicted molar refractivity (Wildman–Crippen MR) is 70.0 cm³/mol. The van der Waals surface area contributed by atoms with E-state index in [1.165, 1.54) is 0 Å². The van der Waals surface area contributed by atoms with Gasteiger partial charge in [0.1, 0.15) is 5.75 Å². The Hall–Kier alpha value is -1.58. The van der Waals surface area contributed by atoms with Gasteiger partial charge in [-0.3, -0.25) is 9.78 Å². The molecule has 1 aromatic rings. The standard InChI is InChI=1S/C14H20N2O2/c1-14(2,3)11-8-16-7-10(13(17)15-4)12(11)18-9-5-6-9/h7-9H,5-6H2,1-4H3,(H,15,17). The topological polar surface area (TPSA) is 51.2 Å². The summed E-state index contributed by atoms with van der Waals surface area (Å²) in [6.07, 6.45) is 5.77. The molecule has 0 unspecified atom stereocenters. The molecule has 4 heteroatoms. The van der Waals surface area contributed by atoms with Gasteiger partial charge in [-0.05, 0) is 18.3 Å². The highest BCUT2D eigenvalue weighted by molar-refractivity contribution is 5.96. The summed E-state index contributed by atoms with van der Waals surface area (Å²) in [5, 5.41) is 2.64. The number of pyridine rings is 1. The lowest BCUT2D eigenvalue weighted by Gasteiger charge is -2.23. The minimum Gasteiger partial charge on any atom is -0.489 e. The van der Waals surface area contributed by atoms with Crippen molar-refractivity contribution in [2.75, 3.05) is 7.05 Å². The van der Waals surface area contributed by atoms with E-state index >= 15 is 0 Å². The molecule has 0 bridgehead atoms. The summed E-state index contributed by atoms with van der Waals surface area (Å²) in [7, 11) is 1.62. The lowest BCUT2D eigenvalue weighted by atomic mass is 9.86. The summed E-state index contributed by atoms with van der Waals surface area (Å²) in [4.78, 5) is 16.1. The molecule has 1 saturated carbocycles. The molecule has 1 heterocycles. The Bertz CT molecular complexity index is 459. The first-order valence-electron chi connectivity index (χ1n) is 6.30. The fraction of sp³-hybridized carbons (Fsp3) is 0.571. The van der Waals surface area contributed by atoms with Crippen LogP contribution >= 0.6 is 0 Å². The number of nitrogens with zero attached hydrogens (tertiary/aromatic N) is 1. The minimum atomic E-state index is -0.149. The Morgan fingerprint density at radius 2 is 2.06 bits per heavy atom. The molecule has 4 nitrogen and oxygen atoms in total. The molecule has 1 amide bonds. The first-order valence-corrected chi connectivity index (χ1v) is 6.30. The molecule has 0 atom stereocenters. The zero-order valence-corrected chi connectivity index (χ0v) is 11.4. The Balaban J connectivity index is 2.48. The highest BCUT2D eigenvalue weighted by atomic mass is 16.5. The van der Waals surface area contributed by atoms with Crippen molar-refractivity contribution in [2.45, 2.75) is 45.1 Å². The molecule has 98 valence electrons. The van der Waals surface area contributed by atoms with Crippen molar-refractivity contribution < 1.29 is 9.53 Å². The van der Waals surface area contributed by atoms with Crippen LogP contribution in [0.25, 0.3) is 0 Å². The van der Waals surface area contributed by atoms with Gasteiger partial charge in [0, 0.05) is 25.0 Å². The summed E-state index contributed by atoms with van der Waals surface area (Å²) in [5.41, 5.74) is 1.41. The fourth-order valence-electron chi connectivity index (χ4n) is 1.76. The van der Waals surface area contributed by atoms with Crippen LogP contribution in [0.2, 0.25) is 0 Å². The van der Waals surface area contributed by atoms with Crippen molar-refractivity contribution >= 4 is 5.91 Å². The first-order chi connectivity index (χ1) is 8.43. The van der Waals surface area contributed by atoms with Crippen molar-refractivity contribution in [3.05, 3.63) is 23.5 Å². The number of carbonyl (C=O) groups excluding carboxylic acids is 1. The third kappa shape index (κ3) is 2.63. The van der Waals surface area contributed by atoms with Crippen LogP contribution in [0.15, 0.2) is 12.4 Å². The van der Waals surface area contributed by atoms with Crippen molar-refractivity contribution in [3.8, 4) is 5.75 Å². The average molecular weight is 248 g/mol. The Kier molecular flexibility index (Phi) is 3.28. The van der Waals surface area contributed by atoms with Crippen LogP contribution in [0.3, 0.4) is 0 Å². The van der Waals surface area contributed by atoms with Gasteiger partial charge in [0.05, 0.1) is 11.7 Å². The zero-order valence-electron chi connectivity index (χ0n) is 11.4. The lowest BCUT2D eigenvalue weighted by molar-refractivity contribution is 0.0958. The van der Waals surface area contributed by atoms with Gasteiger partial charge in [-0.2, -0.15) is 0 Å². The van der Waals surface area contributed by atoms with Crippen LogP contribution < -0.4 is 10.1 Å². The zero-order chi connectivity index (χ0) is 13.3. The average Bonchev–Trinajstić information content (AvgIpc) is 3.11. The van der Waals surface area contributed by atoms with Crippen LogP contribution in [0.1, 0.15) is 49.5 Å². The number of amides is 1. The minimum absolute atomic E-state index is 0.0960. The van der Waals surface area contributed by atoms with Crippen LogP contribution in [-0.4, -0.2) is 24.0 Å². The summed E-state index contributed by atoms with van der Waals surface area (Å²) in [5.74, 6) is 0.545. The number of nitrogens with one attached hydrogen (secondary N) is 1. The molecule has 0 aliphatic heterocycles. The highest BCUT2D eigenvalue weighted by Gasteiger charge is 2.30. The van der Waals surface area contributed by atoms with Gasteiger partial charge in [0.2, 0.25) is 0 Å². The van der Waals surface area contributed by atoms with Gasteiger partial charge >= 0.3 is 0 Å². The lowest BCUT2D eigenvalue weighted by Crippen LogP contribution is -2.22. The molecule has 0 radical (unpaired) electrons. The molecule has 2 rings (SSSR count). The van der Waals surface area contributed by atoms with E-state index in [2.05, 4.69) is 31.1 Å². The monoisotopic (exact) mass is 248 g/mol. The van der Waals surface area contributed by atoms with E-state index in [4.69, 9.17) is 4.74 Å². The van der Waals surface area contributed by atoms with Crippen LogP contribution in [0.4, 0.5) is 0 Å². The molecule has 1 fully saturated rings. The SMILES string of the molecule is CNC(=O)c1cncc(C(C)(C)C)c1OC1CC1. The first kappa shape index (κ1) is 12.9. The maximum absolute atomic E-state index is 11.9. The molecule has 0 aromatic carbocycles. The number of carbonyl (C=O) groups is 1. The summed E-state index contributed by atoms with van der Waals surface area (Å²) in [6.45, 7) is 6.28. The molecule has 18 heavy (non-hydrogen) atoms. The van der Waals surface area contributed by atoms with Gasteiger partial charge in [0.15, 0.2) is 0 Å². The van der Waals surface area contributed by atoms with E-state index in [-0.39, 0.29) is 17.4 Å². The van der Waals surface area contributed by atoms with Crippen molar-refractivity contribution in [1.82, 2.24) is 10.3 Å². The van der Waals surface area contributed by atoms with E-state index in [0.717, 1.165) is 18.4 Å². The smallest absolute Gasteiger partial charge is 0.256 e. The Labute approximate surface area is 108 Å². The molecule has 1 aliphatic carbocycles. The summed E-state index contributed by atoms with van der Waals surface area (Å²) >= 11 is 0. The number of aromatic nitrogens is 1. The van der Waals surface area contributed by atoms with Gasteiger partial charge in [-0.25, -0.2) is 0 Å². The van der Waals surface area contributed by atoms with E-state index in [1.807, 2.05) is 0 Å². The number of hydrogen-bond donors (Lipinski definition) is 1. The number of ether oxygens (including phenoxy) is 1. The van der Waals surface area contributed by atoms with E-state index in [0.29, 0.717) is 11.3 Å². The summed E-state index contributed by atoms with van der Waals surface area (Å²) in [6, 6.07) is 0. The molecular formula is C14H20N2O2. The van der Waals surface area contributed by atoms with E-state index < -0.39 is 0 Å². The van der Waals surface area contributed by atoms with Crippen LogP contribution in [-0.2, 0) is 5.41 Å². The maximum Gasteiger partial charge on any atom is 0.256 e.